The normalized spacial score (nSPS) is 11.5. The Bertz CT molecular complexity index is 964. The molecule has 26 heavy (non-hydrogen) atoms. The fourth-order valence-electron chi connectivity index (χ4n) is 2.37. The number of carbonyl (C=O) groups is 1. The average Bonchev–Trinajstić information content (AvgIpc) is 3.09. The van der Waals surface area contributed by atoms with Gasteiger partial charge in [0.1, 0.15) is 0 Å². The minimum absolute atomic E-state index is 0.230. The quantitative estimate of drug-likeness (QED) is 0.492. The molecule has 0 spiro atoms. The van der Waals surface area contributed by atoms with Crippen LogP contribution < -0.4 is 0 Å². The molecule has 0 aliphatic heterocycles. The maximum absolute atomic E-state index is 13.1. The molecule has 0 N–H and O–H groups in total. The SMILES string of the molecule is CN(C)C=C(C(=O)c1cccc(Cl)c1)c1nnnn1-c1ccc(Cl)cc1. The Morgan fingerprint density at radius 3 is 2.46 bits per heavy atom. The number of hydrogen-bond donors (Lipinski definition) is 0. The molecule has 132 valence electrons. The molecule has 0 atom stereocenters. The number of allylic oxidation sites excluding steroid dienone is 1. The van der Waals surface area contributed by atoms with E-state index in [1.165, 1.54) is 4.68 Å². The van der Waals surface area contributed by atoms with Crippen LogP contribution in [0.4, 0.5) is 0 Å². The zero-order chi connectivity index (χ0) is 18.7. The minimum atomic E-state index is -0.230. The zero-order valence-corrected chi connectivity index (χ0v) is 15.6. The van der Waals surface area contributed by atoms with Gasteiger partial charge in [-0.2, -0.15) is 4.68 Å². The number of Topliss-reactive ketones (excluding diaryl/α,β-unsaturated/α-hetero) is 1. The van der Waals surface area contributed by atoms with Crippen molar-refractivity contribution < 1.29 is 4.79 Å². The van der Waals surface area contributed by atoms with Crippen LogP contribution in [0.2, 0.25) is 10.0 Å². The molecule has 0 aliphatic rings. The number of halogens is 2. The van der Waals surface area contributed by atoms with Gasteiger partial charge in [-0.3, -0.25) is 4.79 Å². The first-order valence-corrected chi connectivity index (χ1v) is 8.44. The van der Waals surface area contributed by atoms with Gasteiger partial charge in [0.15, 0.2) is 11.6 Å². The van der Waals surface area contributed by atoms with Crippen LogP contribution >= 0.6 is 23.2 Å². The standard InChI is InChI=1S/C18H15Cl2N5O/c1-24(2)11-16(17(26)12-4-3-5-14(20)10-12)18-21-22-23-25(18)15-8-6-13(19)7-9-15/h3-11H,1-2H3. The van der Waals surface area contributed by atoms with Crippen LogP contribution in [0, 0.1) is 0 Å². The summed E-state index contributed by atoms with van der Waals surface area (Å²) in [6, 6.07) is 13.8. The summed E-state index contributed by atoms with van der Waals surface area (Å²) in [4.78, 5) is 14.8. The van der Waals surface area contributed by atoms with Crippen molar-refractivity contribution in [2.45, 2.75) is 0 Å². The number of nitrogens with zero attached hydrogens (tertiary/aromatic N) is 5. The number of benzene rings is 2. The van der Waals surface area contributed by atoms with E-state index in [4.69, 9.17) is 23.2 Å². The van der Waals surface area contributed by atoms with Crippen LogP contribution in [0.5, 0.6) is 0 Å². The smallest absolute Gasteiger partial charge is 0.198 e. The van der Waals surface area contributed by atoms with E-state index >= 15 is 0 Å². The molecule has 3 aromatic rings. The highest BCUT2D eigenvalue weighted by Gasteiger charge is 2.22. The summed E-state index contributed by atoms with van der Waals surface area (Å²) in [5.74, 6) is 0.0946. The van der Waals surface area contributed by atoms with Gasteiger partial charge in [0, 0.05) is 35.9 Å². The molecule has 8 heteroatoms. The van der Waals surface area contributed by atoms with E-state index in [1.807, 2.05) is 14.1 Å². The van der Waals surface area contributed by atoms with Crippen molar-refractivity contribution in [1.29, 1.82) is 0 Å². The summed E-state index contributed by atoms with van der Waals surface area (Å²) in [5.41, 5.74) is 1.49. The predicted molar refractivity (Wildman–Crippen MR) is 102 cm³/mol. The first kappa shape index (κ1) is 18.1. The highest BCUT2D eigenvalue weighted by Crippen LogP contribution is 2.23. The largest absolute Gasteiger partial charge is 0.383 e. The highest BCUT2D eigenvalue weighted by molar-refractivity contribution is 6.33. The summed E-state index contributed by atoms with van der Waals surface area (Å²) in [6.07, 6.45) is 1.68. The van der Waals surface area contributed by atoms with Gasteiger partial charge in [0.05, 0.1) is 11.3 Å². The van der Waals surface area contributed by atoms with Crippen LogP contribution in [-0.4, -0.2) is 45.0 Å². The van der Waals surface area contributed by atoms with E-state index in [1.54, 1.807) is 59.6 Å². The lowest BCUT2D eigenvalue weighted by Crippen LogP contribution is -2.13. The summed E-state index contributed by atoms with van der Waals surface area (Å²) in [7, 11) is 3.64. The number of aromatic nitrogens is 4. The molecular formula is C18H15Cl2N5O. The number of rotatable bonds is 5. The lowest BCUT2D eigenvalue weighted by molar-refractivity contribution is 0.105. The van der Waals surface area contributed by atoms with Gasteiger partial charge in [-0.05, 0) is 46.8 Å². The Hall–Kier alpha value is -2.70. The molecule has 6 nitrogen and oxygen atoms in total. The van der Waals surface area contributed by atoms with E-state index < -0.39 is 0 Å². The van der Waals surface area contributed by atoms with E-state index in [-0.39, 0.29) is 5.78 Å². The molecule has 0 unspecified atom stereocenters. The molecule has 0 fully saturated rings. The summed E-state index contributed by atoms with van der Waals surface area (Å²) < 4.78 is 1.49. The van der Waals surface area contributed by atoms with Crippen molar-refractivity contribution in [3.63, 3.8) is 0 Å². The number of hydrogen-bond acceptors (Lipinski definition) is 5. The third-order valence-electron chi connectivity index (χ3n) is 3.50. The number of tetrazole rings is 1. The van der Waals surface area contributed by atoms with Gasteiger partial charge in [-0.25, -0.2) is 0 Å². The second-order valence-corrected chi connectivity index (χ2v) is 6.61. The first-order valence-electron chi connectivity index (χ1n) is 7.69. The van der Waals surface area contributed by atoms with Crippen molar-refractivity contribution in [2.24, 2.45) is 0 Å². The Morgan fingerprint density at radius 1 is 1.08 bits per heavy atom. The Morgan fingerprint density at radius 2 is 1.81 bits per heavy atom. The van der Waals surface area contributed by atoms with Crippen LogP contribution in [0.3, 0.4) is 0 Å². The lowest BCUT2D eigenvalue weighted by Gasteiger charge is -2.12. The maximum atomic E-state index is 13.1. The lowest BCUT2D eigenvalue weighted by atomic mass is 10.0. The third-order valence-corrected chi connectivity index (χ3v) is 3.99. The van der Waals surface area contributed by atoms with Gasteiger partial charge < -0.3 is 4.90 Å². The van der Waals surface area contributed by atoms with E-state index in [0.29, 0.717) is 32.7 Å². The Kier molecular flexibility index (Phi) is 5.35. The van der Waals surface area contributed by atoms with Crippen LogP contribution in [-0.2, 0) is 0 Å². The fourth-order valence-corrected chi connectivity index (χ4v) is 2.69. The predicted octanol–water partition coefficient (Wildman–Crippen LogP) is 3.75. The molecule has 1 aromatic heterocycles. The van der Waals surface area contributed by atoms with E-state index in [0.717, 1.165) is 0 Å². The molecular weight excluding hydrogens is 373 g/mol. The molecule has 3 rings (SSSR count). The minimum Gasteiger partial charge on any atom is -0.383 e. The Balaban J connectivity index is 2.09. The van der Waals surface area contributed by atoms with Crippen molar-refractivity contribution in [2.75, 3.05) is 14.1 Å². The monoisotopic (exact) mass is 387 g/mol. The second-order valence-electron chi connectivity index (χ2n) is 5.74. The van der Waals surface area contributed by atoms with Gasteiger partial charge in [-0.1, -0.05) is 35.3 Å². The van der Waals surface area contributed by atoms with Crippen LogP contribution in [0.15, 0.2) is 54.7 Å². The van der Waals surface area contributed by atoms with Crippen LogP contribution in [0.25, 0.3) is 11.3 Å². The van der Waals surface area contributed by atoms with Crippen molar-refractivity contribution >= 4 is 34.6 Å². The summed E-state index contributed by atoms with van der Waals surface area (Å²) >= 11 is 12.0. The molecule has 0 radical (unpaired) electrons. The van der Waals surface area contributed by atoms with Gasteiger partial charge in [0.25, 0.3) is 0 Å². The number of carbonyl (C=O) groups excluding carboxylic acids is 1. The van der Waals surface area contributed by atoms with Crippen LogP contribution in [0.1, 0.15) is 16.2 Å². The molecule has 0 aliphatic carbocycles. The van der Waals surface area contributed by atoms with Gasteiger partial charge in [-0.15, -0.1) is 5.10 Å². The number of ketones is 1. The van der Waals surface area contributed by atoms with Gasteiger partial charge >= 0.3 is 0 Å². The second kappa shape index (κ2) is 7.68. The van der Waals surface area contributed by atoms with Crippen molar-refractivity contribution in [3.05, 3.63) is 76.2 Å². The van der Waals surface area contributed by atoms with Crippen molar-refractivity contribution in [3.8, 4) is 5.69 Å². The zero-order valence-electron chi connectivity index (χ0n) is 14.1. The van der Waals surface area contributed by atoms with Crippen molar-refractivity contribution in [1.82, 2.24) is 25.1 Å². The Labute approximate surface area is 160 Å². The fraction of sp³-hybridized carbons (Fsp3) is 0.111. The summed E-state index contributed by atoms with van der Waals surface area (Å²) in [5, 5.41) is 12.9. The topological polar surface area (TPSA) is 63.9 Å². The molecule has 2 aromatic carbocycles. The molecule has 0 amide bonds. The van der Waals surface area contributed by atoms with Gasteiger partial charge in [0.2, 0.25) is 0 Å². The summed E-state index contributed by atoms with van der Waals surface area (Å²) in [6.45, 7) is 0. The molecule has 0 saturated heterocycles. The molecule has 1 heterocycles. The molecule has 0 saturated carbocycles. The highest BCUT2D eigenvalue weighted by atomic mass is 35.5. The van der Waals surface area contributed by atoms with E-state index in [2.05, 4.69) is 15.5 Å². The average molecular weight is 388 g/mol. The van der Waals surface area contributed by atoms with E-state index in [9.17, 15) is 4.79 Å². The third kappa shape index (κ3) is 3.92. The molecule has 0 bridgehead atoms. The first-order chi connectivity index (χ1) is 12.5. The maximum Gasteiger partial charge on any atom is 0.198 e.